The summed E-state index contributed by atoms with van der Waals surface area (Å²) in [6.45, 7) is 9.43. The molecule has 2 aliphatic carbocycles. The highest BCUT2D eigenvalue weighted by Gasteiger charge is 2.38. The lowest BCUT2D eigenvalue weighted by molar-refractivity contribution is 0.660. The van der Waals surface area contributed by atoms with Gasteiger partial charge >= 0.3 is 0 Å². The van der Waals surface area contributed by atoms with E-state index in [0.29, 0.717) is 0 Å². The molecular weight excluding hydrogens is 743 g/mol. The zero-order valence-electron chi connectivity index (χ0n) is 34.5. The zero-order chi connectivity index (χ0) is 40.8. The van der Waals surface area contributed by atoms with Crippen molar-refractivity contribution >= 4 is 71.7 Å². The number of fused-ring (bicyclic) bond motifs is 13. The van der Waals surface area contributed by atoms with E-state index >= 15 is 0 Å². The summed E-state index contributed by atoms with van der Waals surface area (Å²) in [4.78, 5) is 2.45. The first-order chi connectivity index (χ1) is 29.8. The van der Waals surface area contributed by atoms with Crippen LogP contribution in [0.2, 0.25) is 0 Å². The molecule has 61 heavy (non-hydrogen) atoms. The third-order valence-corrected chi connectivity index (χ3v) is 14.1. The Morgan fingerprint density at radius 1 is 0.361 bits per heavy atom. The van der Waals surface area contributed by atoms with Crippen LogP contribution in [0, 0.1) is 0 Å². The van der Waals surface area contributed by atoms with Gasteiger partial charge in [-0.05, 0) is 115 Å². The lowest BCUT2D eigenvalue weighted by atomic mass is 9.82. The van der Waals surface area contributed by atoms with Crippen LogP contribution < -0.4 is 4.90 Å². The highest BCUT2D eigenvalue weighted by molar-refractivity contribution is 6.25. The second kappa shape index (κ2) is 12.1. The van der Waals surface area contributed by atoms with E-state index < -0.39 is 0 Å². The molecule has 11 aromatic rings. The number of anilines is 3. The Kier molecular flexibility index (Phi) is 6.85. The van der Waals surface area contributed by atoms with Gasteiger partial charge in [0.1, 0.15) is 22.3 Å². The normalized spacial score (nSPS) is 14.5. The maximum atomic E-state index is 7.05. The van der Waals surface area contributed by atoms with Gasteiger partial charge in [0.15, 0.2) is 0 Å². The van der Waals surface area contributed by atoms with E-state index in [1.807, 2.05) is 6.07 Å². The predicted molar refractivity (Wildman–Crippen MR) is 254 cm³/mol. The fourth-order valence-corrected chi connectivity index (χ4v) is 11.1. The summed E-state index contributed by atoms with van der Waals surface area (Å²) in [5.41, 5.74) is 19.3. The smallest absolute Gasteiger partial charge is 0.144 e. The molecule has 9 aromatic carbocycles. The molecule has 0 atom stereocenters. The number of furan rings is 2. The van der Waals surface area contributed by atoms with E-state index in [0.717, 1.165) is 72.1 Å². The van der Waals surface area contributed by atoms with Crippen LogP contribution in [0.1, 0.15) is 49.9 Å². The van der Waals surface area contributed by atoms with Crippen LogP contribution in [0.15, 0.2) is 185 Å². The molecule has 2 aliphatic rings. The molecule has 0 radical (unpaired) electrons. The van der Waals surface area contributed by atoms with Gasteiger partial charge in [-0.25, -0.2) is 0 Å². The number of para-hydroxylation sites is 1. The van der Waals surface area contributed by atoms with E-state index in [1.165, 1.54) is 55.3 Å². The van der Waals surface area contributed by atoms with E-state index in [-0.39, 0.29) is 10.8 Å². The molecular formula is C58H41NO2. The number of benzene rings is 9. The Morgan fingerprint density at radius 3 is 1.59 bits per heavy atom. The van der Waals surface area contributed by atoms with Crippen molar-refractivity contribution in [2.45, 2.75) is 38.5 Å². The predicted octanol–water partition coefficient (Wildman–Crippen LogP) is 16.4. The molecule has 13 rings (SSSR count). The number of nitrogens with zero attached hydrogens (tertiary/aromatic N) is 1. The van der Waals surface area contributed by atoms with Crippen molar-refractivity contribution in [3.8, 4) is 33.4 Å². The second-order valence-electron chi connectivity index (χ2n) is 18.0. The summed E-state index contributed by atoms with van der Waals surface area (Å²) in [5.74, 6) is 0. The summed E-state index contributed by atoms with van der Waals surface area (Å²) in [7, 11) is 0. The summed E-state index contributed by atoms with van der Waals surface area (Å²) in [6, 6.07) is 64.3. The Labute approximate surface area is 354 Å². The summed E-state index contributed by atoms with van der Waals surface area (Å²) < 4.78 is 13.7. The molecule has 0 unspecified atom stereocenters. The summed E-state index contributed by atoms with van der Waals surface area (Å²) in [5, 5.41) is 6.60. The van der Waals surface area contributed by atoms with Gasteiger partial charge in [-0.2, -0.15) is 0 Å². The van der Waals surface area contributed by atoms with E-state index in [2.05, 4.69) is 202 Å². The Bertz CT molecular complexity index is 3560. The largest absolute Gasteiger partial charge is 0.456 e. The molecule has 0 amide bonds. The molecule has 0 bridgehead atoms. The van der Waals surface area contributed by atoms with Gasteiger partial charge in [0.2, 0.25) is 0 Å². The fourth-order valence-electron chi connectivity index (χ4n) is 11.1. The zero-order valence-corrected chi connectivity index (χ0v) is 34.5. The van der Waals surface area contributed by atoms with Crippen LogP contribution in [-0.4, -0.2) is 0 Å². The number of hydrogen-bond acceptors (Lipinski definition) is 3. The van der Waals surface area contributed by atoms with Gasteiger partial charge in [-0.3, -0.25) is 0 Å². The lowest BCUT2D eigenvalue weighted by Gasteiger charge is -2.29. The van der Waals surface area contributed by atoms with Crippen molar-refractivity contribution in [3.05, 3.63) is 198 Å². The fraction of sp³-hybridized carbons (Fsp3) is 0.103. The topological polar surface area (TPSA) is 29.5 Å². The van der Waals surface area contributed by atoms with Gasteiger partial charge in [-0.1, -0.05) is 149 Å². The van der Waals surface area contributed by atoms with Gasteiger partial charge < -0.3 is 13.7 Å². The minimum atomic E-state index is -0.143. The first-order valence-corrected chi connectivity index (χ1v) is 21.3. The van der Waals surface area contributed by atoms with Crippen LogP contribution in [0.3, 0.4) is 0 Å². The highest BCUT2D eigenvalue weighted by Crippen LogP contribution is 2.54. The van der Waals surface area contributed by atoms with E-state index in [1.54, 1.807) is 0 Å². The molecule has 290 valence electrons. The van der Waals surface area contributed by atoms with Crippen LogP contribution in [-0.2, 0) is 10.8 Å². The van der Waals surface area contributed by atoms with Gasteiger partial charge in [-0.15, -0.1) is 0 Å². The van der Waals surface area contributed by atoms with Gasteiger partial charge in [0.05, 0.1) is 0 Å². The summed E-state index contributed by atoms with van der Waals surface area (Å²) >= 11 is 0. The molecule has 0 N–H and O–H groups in total. The van der Waals surface area contributed by atoms with Crippen molar-refractivity contribution in [1.29, 1.82) is 0 Å². The molecule has 0 saturated carbocycles. The van der Waals surface area contributed by atoms with Crippen LogP contribution in [0.5, 0.6) is 0 Å². The molecule has 3 nitrogen and oxygen atoms in total. The van der Waals surface area contributed by atoms with Crippen LogP contribution in [0.4, 0.5) is 17.1 Å². The lowest BCUT2D eigenvalue weighted by Crippen LogP contribution is -2.18. The quantitative estimate of drug-likeness (QED) is 0.178. The van der Waals surface area contributed by atoms with Gasteiger partial charge in [0, 0.05) is 55.0 Å². The first kappa shape index (κ1) is 34.5. The Morgan fingerprint density at radius 2 is 0.885 bits per heavy atom. The molecule has 3 heteroatoms. The first-order valence-electron chi connectivity index (χ1n) is 21.3. The van der Waals surface area contributed by atoms with Crippen molar-refractivity contribution in [2.75, 3.05) is 4.90 Å². The summed E-state index contributed by atoms with van der Waals surface area (Å²) in [6.07, 6.45) is 0. The van der Waals surface area contributed by atoms with E-state index in [4.69, 9.17) is 8.83 Å². The molecule has 0 aliphatic heterocycles. The highest BCUT2D eigenvalue weighted by atomic mass is 16.3. The van der Waals surface area contributed by atoms with Gasteiger partial charge in [0.25, 0.3) is 0 Å². The third kappa shape index (κ3) is 4.69. The van der Waals surface area contributed by atoms with Crippen LogP contribution >= 0.6 is 0 Å². The standard InChI is InChI=1S/C58H41NO2/c1-57(2)47-21-10-7-17-39(47)41-27-24-36(31-49(41)57)59(37-25-28-42-40-18-8-11-22-48(40)58(3,4)50(42)32-37)35-26-29-52-45(30-35)46-33-53-54(44-19-9-12-23-51(44)60-53)55(56(46)61-52)43-20-13-15-34-14-5-6-16-38(34)43/h5-33H,1-4H3. The maximum absolute atomic E-state index is 7.05. The molecule has 2 aromatic heterocycles. The van der Waals surface area contributed by atoms with Crippen molar-refractivity contribution in [3.63, 3.8) is 0 Å². The van der Waals surface area contributed by atoms with Crippen LogP contribution in [0.25, 0.3) is 88.0 Å². The van der Waals surface area contributed by atoms with Crippen molar-refractivity contribution < 1.29 is 8.83 Å². The minimum Gasteiger partial charge on any atom is -0.456 e. The number of rotatable bonds is 4. The van der Waals surface area contributed by atoms with Crippen molar-refractivity contribution in [1.82, 2.24) is 0 Å². The monoisotopic (exact) mass is 783 g/mol. The molecule has 0 fully saturated rings. The molecule has 2 heterocycles. The SMILES string of the molecule is CC1(C)c2ccccc2-c2ccc(N(c3ccc4c(c3)C(C)(C)c3ccccc3-4)c3ccc4oc5c(-c6cccc7ccccc67)c6c(cc5c4c3)oc3ccccc36)cc21. The second-order valence-corrected chi connectivity index (χ2v) is 18.0. The Balaban J connectivity index is 1.07. The molecule has 0 spiro atoms. The van der Waals surface area contributed by atoms with Crippen molar-refractivity contribution in [2.24, 2.45) is 0 Å². The number of hydrogen-bond donors (Lipinski definition) is 0. The Hall–Kier alpha value is -7.36. The molecule has 0 saturated heterocycles. The average Bonchev–Trinajstić information content (AvgIpc) is 3.98. The average molecular weight is 784 g/mol. The third-order valence-electron chi connectivity index (χ3n) is 14.1. The van der Waals surface area contributed by atoms with E-state index in [9.17, 15) is 0 Å². The maximum Gasteiger partial charge on any atom is 0.144 e. The minimum absolute atomic E-state index is 0.143.